The summed E-state index contributed by atoms with van der Waals surface area (Å²) in [6, 6.07) is 0. The molecular weight excluding hydrogens is 480 g/mol. The lowest BCUT2D eigenvalue weighted by molar-refractivity contribution is -0.150. The third-order valence-corrected chi connectivity index (χ3v) is 4.25. The first-order chi connectivity index (χ1) is 16.6. The summed E-state index contributed by atoms with van der Waals surface area (Å²) in [5, 5.41) is 13.4. The summed E-state index contributed by atoms with van der Waals surface area (Å²) in [6.07, 6.45) is 5.48. The molecule has 0 rings (SSSR count). The number of hydrogen-bond donors (Lipinski definition) is 3. The third kappa shape index (κ3) is 31.5. The van der Waals surface area contributed by atoms with Crippen LogP contribution in [-0.2, 0) is 23.8 Å². The van der Waals surface area contributed by atoms with Gasteiger partial charge in [0.25, 0.3) is 0 Å². The van der Waals surface area contributed by atoms with Gasteiger partial charge in [0.1, 0.15) is 17.3 Å². The molecule has 2 amide bonds. The molecule has 0 aromatic carbocycles. The lowest BCUT2D eigenvalue weighted by Gasteiger charge is -2.19. The van der Waals surface area contributed by atoms with E-state index < -0.39 is 29.4 Å². The van der Waals surface area contributed by atoms with Gasteiger partial charge in [-0.1, -0.05) is 40.5 Å². The van der Waals surface area contributed by atoms with Crippen molar-refractivity contribution >= 4 is 24.1 Å². The molecule has 0 bridgehead atoms. The number of carboxylic acids is 1. The van der Waals surface area contributed by atoms with Crippen LogP contribution >= 0.6 is 0 Å². The number of nitrogens with one attached hydrogen (secondary N) is 2. The molecule has 0 aliphatic rings. The standard InChI is InChI=1S/C17H33NO4.C9H17NO4.CH4/c1-6-8-11-14(10-7-2)21-15(19)12-9-13-18-16(20)22-17(3,4)5;1-9(2,3)14-8(13)10-6-4-5-7(11)12;/h14H,6-13H2,1-5H3,(H,18,20);4-6H2,1-3H3,(H,10,13)(H,11,12);1H4. The van der Waals surface area contributed by atoms with Gasteiger partial charge in [-0.05, 0) is 67.2 Å². The summed E-state index contributed by atoms with van der Waals surface area (Å²) in [5.41, 5.74) is -1.02. The summed E-state index contributed by atoms with van der Waals surface area (Å²) in [7, 11) is 0. The van der Waals surface area contributed by atoms with Crippen LogP contribution in [0.4, 0.5) is 9.59 Å². The second-order valence-corrected chi connectivity index (χ2v) is 10.5. The fourth-order valence-corrected chi connectivity index (χ4v) is 2.74. The molecule has 10 nitrogen and oxygen atoms in total. The fourth-order valence-electron chi connectivity index (χ4n) is 2.74. The van der Waals surface area contributed by atoms with Crippen molar-refractivity contribution in [3.8, 4) is 0 Å². The molecule has 0 aliphatic heterocycles. The molecule has 0 saturated heterocycles. The van der Waals surface area contributed by atoms with Gasteiger partial charge in [0.05, 0.1) is 0 Å². The number of amides is 2. The number of unbranched alkanes of at least 4 members (excludes halogenated alkanes) is 1. The van der Waals surface area contributed by atoms with E-state index in [9.17, 15) is 19.2 Å². The van der Waals surface area contributed by atoms with Gasteiger partial charge in [-0.3, -0.25) is 9.59 Å². The fraction of sp³-hybridized carbons (Fsp3) is 0.852. The van der Waals surface area contributed by atoms with Gasteiger partial charge < -0.3 is 30.0 Å². The highest BCUT2D eigenvalue weighted by molar-refractivity contribution is 5.70. The van der Waals surface area contributed by atoms with Gasteiger partial charge in [-0.2, -0.15) is 0 Å². The van der Waals surface area contributed by atoms with E-state index in [-0.39, 0.29) is 25.9 Å². The van der Waals surface area contributed by atoms with Crippen molar-refractivity contribution in [2.75, 3.05) is 13.1 Å². The normalized spacial score (nSPS) is 11.6. The number of ether oxygens (including phenoxy) is 3. The number of carbonyl (C=O) groups is 4. The largest absolute Gasteiger partial charge is 0.481 e. The maximum Gasteiger partial charge on any atom is 0.407 e. The van der Waals surface area contributed by atoms with E-state index in [1.165, 1.54) is 0 Å². The SMILES string of the molecule is C.CC(C)(C)OC(=O)NCCCC(=O)O.CCCCC(CCC)OC(=O)CCCNC(=O)OC(C)(C)C. The first-order valence-corrected chi connectivity index (χ1v) is 12.9. The first-order valence-electron chi connectivity index (χ1n) is 12.9. The number of aliphatic carboxylic acids is 1. The molecule has 0 fully saturated rings. The van der Waals surface area contributed by atoms with Gasteiger partial charge in [0, 0.05) is 25.9 Å². The lowest BCUT2D eigenvalue weighted by Crippen LogP contribution is -2.33. The summed E-state index contributed by atoms with van der Waals surface area (Å²) in [4.78, 5) is 44.4. The van der Waals surface area contributed by atoms with Crippen LogP contribution in [0.5, 0.6) is 0 Å². The third-order valence-electron chi connectivity index (χ3n) is 4.25. The Kier molecular flexibility index (Phi) is 22.7. The van der Waals surface area contributed by atoms with E-state index >= 15 is 0 Å². The van der Waals surface area contributed by atoms with Crippen molar-refractivity contribution < 1.29 is 38.5 Å². The average molecular weight is 535 g/mol. The minimum absolute atomic E-state index is 0. The highest BCUT2D eigenvalue weighted by Crippen LogP contribution is 2.12. The molecule has 220 valence electrons. The summed E-state index contributed by atoms with van der Waals surface area (Å²) < 4.78 is 15.6. The van der Waals surface area contributed by atoms with Crippen LogP contribution in [0.2, 0.25) is 0 Å². The molecule has 0 saturated carbocycles. The predicted octanol–water partition coefficient (Wildman–Crippen LogP) is 6.21. The molecule has 0 aliphatic carbocycles. The average Bonchev–Trinajstić information content (AvgIpc) is 2.70. The maximum atomic E-state index is 11.8. The Bertz CT molecular complexity index is 639. The second kappa shape index (κ2) is 21.6. The highest BCUT2D eigenvalue weighted by atomic mass is 16.6. The number of carbonyl (C=O) groups excluding carboxylic acids is 3. The Morgan fingerprint density at radius 1 is 0.730 bits per heavy atom. The Hall–Kier alpha value is -2.52. The van der Waals surface area contributed by atoms with Crippen molar-refractivity contribution in [3.63, 3.8) is 0 Å². The van der Waals surface area contributed by atoms with Crippen LogP contribution in [0.15, 0.2) is 0 Å². The van der Waals surface area contributed by atoms with E-state index in [0.717, 1.165) is 32.1 Å². The van der Waals surface area contributed by atoms with Gasteiger partial charge in [0.15, 0.2) is 0 Å². The van der Waals surface area contributed by atoms with E-state index in [1.54, 1.807) is 20.8 Å². The van der Waals surface area contributed by atoms with E-state index in [0.29, 0.717) is 32.4 Å². The van der Waals surface area contributed by atoms with Crippen molar-refractivity contribution in [3.05, 3.63) is 0 Å². The monoisotopic (exact) mass is 534 g/mol. The summed E-state index contributed by atoms with van der Waals surface area (Å²) >= 11 is 0. The van der Waals surface area contributed by atoms with Crippen molar-refractivity contribution in [1.82, 2.24) is 10.6 Å². The highest BCUT2D eigenvalue weighted by Gasteiger charge is 2.17. The van der Waals surface area contributed by atoms with Crippen molar-refractivity contribution in [2.24, 2.45) is 0 Å². The number of rotatable bonds is 14. The van der Waals surface area contributed by atoms with Crippen LogP contribution < -0.4 is 10.6 Å². The number of hydrogen-bond acceptors (Lipinski definition) is 7. The van der Waals surface area contributed by atoms with E-state index in [4.69, 9.17) is 19.3 Å². The van der Waals surface area contributed by atoms with E-state index in [1.807, 2.05) is 20.8 Å². The number of carboxylic acid groups (broad SMARTS) is 1. The predicted molar refractivity (Wildman–Crippen MR) is 146 cm³/mol. The minimum atomic E-state index is -0.865. The van der Waals surface area contributed by atoms with Crippen molar-refractivity contribution in [2.45, 2.75) is 138 Å². The Morgan fingerprint density at radius 2 is 1.19 bits per heavy atom. The lowest BCUT2D eigenvalue weighted by atomic mass is 10.1. The molecule has 3 N–H and O–H groups in total. The Balaban J connectivity index is -0.000000668. The Morgan fingerprint density at radius 3 is 1.57 bits per heavy atom. The maximum absolute atomic E-state index is 11.8. The van der Waals surface area contributed by atoms with Crippen LogP contribution in [0.1, 0.15) is 121 Å². The Labute approximate surface area is 224 Å². The van der Waals surface area contributed by atoms with E-state index in [2.05, 4.69) is 24.5 Å². The first kappa shape index (κ1) is 39.0. The van der Waals surface area contributed by atoms with Crippen molar-refractivity contribution in [1.29, 1.82) is 0 Å². The molecule has 1 unspecified atom stereocenters. The molecule has 0 heterocycles. The molecule has 10 heteroatoms. The van der Waals surface area contributed by atoms with Crippen LogP contribution in [-0.4, -0.2) is 59.6 Å². The zero-order valence-corrected chi connectivity index (χ0v) is 23.7. The molecular formula is C27H54N2O8. The zero-order chi connectivity index (χ0) is 28.2. The molecule has 0 aromatic heterocycles. The smallest absolute Gasteiger partial charge is 0.407 e. The topological polar surface area (TPSA) is 140 Å². The molecule has 0 spiro atoms. The molecule has 1 atom stereocenters. The minimum Gasteiger partial charge on any atom is -0.481 e. The second-order valence-electron chi connectivity index (χ2n) is 10.5. The summed E-state index contributed by atoms with van der Waals surface area (Å²) in [6.45, 7) is 15.7. The quantitative estimate of drug-likeness (QED) is 0.136. The molecule has 0 aromatic rings. The molecule has 0 radical (unpaired) electrons. The van der Waals surface area contributed by atoms with Crippen LogP contribution in [0, 0.1) is 0 Å². The zero-order valence-electron chi connectivity index (χ0n) is 23.7. The van der Waals surface area contributed by atoms with Crippen LogP contribution in [0.3, 0.4) is 0 Å². The molecule has 37 heavy (non-hydrogen) atoms. The van der Waals surface area contributed by atoms with Crippen LogP contribution in [0.25, 0.3) is 0 Å². The van der Waals surface area contributed by atoms with Gasteiger partial charge >= 0.3 is 24.1 Å². The number of esters is 1. The van der Waals surface area contributed by atoms with Gasteiger partial charge in [0.2, 0.25) is 0 Å². The van der Waals surface area contributed by atoms with Gasteiger partial charge in [-0.15, -0.1) is 0 Å². The summed E-state index contributed by atoms with van der Waals surface area (Å²) in [5.74, 6) is -1.04. The number of alkyl carbamates (subject to hydrolysis) is 2. The van der Waals surface area contributed by atoms with Gasteiger partial charge in [-0.25, -0.2) is 9.59 Å².